The molecule has 146 valence electrons. The van der Waals surface area contributed by atoms with Crippen LogP contribution in [0.5, 0.6) is 0 Å². The molecule has 5 N–H and O–H groups in total. The van der Waals surface area contributed by atoms with Gasteiger partial charge in [0, 0.05) is 17.8 Å². The SMILES string of the molecule is Nc1cccc(CC(NC(=O)Nc2c3c(cc4c2CCC4)CCC3)C(=O)O)c1. The zero-order chi connectivity index (χ0) is 19.7. The molecule has 1 unspecified atom stereocenters. The molecule has 28 heavy (non-hydrogen) atoms. The molecule has 0 fully saturated rings. The van der Waals surface area contributed by atoms with E-state index < -0.39 is 18.0 Å². The van der Waals surface area contributed by atoms with Crippen LogP contribution >= 0.6 is 0 Å². The van der Waals surface area contributed by atoms with Crippen molar-refractivity contribution in [1.82, 2.24) is 5.32 Å². The Hall–Kier alpha value is -3.02. The normalized spacial score (nSPS) is 15.6. The zero-order valence-corrected chi connectivity index (χ0v) is 15.8. The number of benzene rings is 2. The number of hydrogen-bond acceptors (Lipinski definition) is 3. The number of nitrogens with one attached hydrogen (secondary N) is 2. The van der Waals surface area contributed by atoms with Gasteiger partial charge in [0.2, 0.25) is 0 Å². The average molecular weight is 379 g/mol. The molecule has 0 heterocycles. The molecule has 0 saturated heterocycles. The maximum absolute atomic E-state index is 12.7. The van der Waals surface area contributed by atoms with Crippen molar-refractivity contribution in [2.75, 3.05) is 11.1 Å². The smallest absolute Gasteiger partial charge is 0.326 e. The van der Waals surface area contributed by atoms with E-state index in [9.17, 15) is 14.7 Å². The van der Waals surface area contributed by atoms with Gasteiger partial charge in [-0.25, -0.2) is 9.59 Å². The van der Waals surface area contributed by atoms with E-state index in [1.165, 1.54) is 22.3 Å². The topological polar surface area (TPSA) is 104 Å². The van der Waals surface area contributed by atoms with Crippen molar-refractivity contribution in [3.63, 3.8) is 0 Å². The Bertz CT molecular complexity index is 907. The van der Waals surface area contributed by atoms with Gasteiger partial charge >= 0.3 is 12.0 Å². The maximum Gasteiger partial charge on any atom is 0.326 e. The largest absolute Gasteiger partial charge is 0.480 e. The number of nitrogens with two attached hydrogens (primary N) is 1. The van der Waals surface area contributed by atoms with Crippen molar-refractivity contribution in [1.29, 1.82) is 0 Å². The molecule has 1 atom stereocenters. The van der Waals surface area contributed by atoms with Gasteiger partial charge in [0.25, 0.3) is 0 Å². The summed E-state index contributed by atoms with van der Waals surface area (Å²) in [4.78, 5) is 24.4. The molecule has 2 aliphatic rings. The second-order valence-corrected chi connectivity index (χ2v) is 7.67. The number of fused-ring (bicyclic) bond motifs is 2. The lowest BCUT2D eigenvalue weighted by atomic mass is 9.99. The molecule has 0 aromatic heterocycles. The molecule has 2 aliphatic carbocycles. The summed E-state index contributed by atoms with van der Waals surface area (Å²) in [6.45, 7) is 0. The van der Waals surface area contributed by atoms with Crippen molar-refractivity contribution < 1.29 is 14.7 Å². The van der Waals surface area contributed by atoms with Gasteiger partial charge < -0.3 is 21.5 Å². The second-order valence-electron chi connectivity index (χ2n) is 7.67. The Labute approximate surface area is 164 Å². The number of urea groups is 1. The van der Waals surface area contributed by atoms with Crippen LogP contribution in [0.15, 0.2) is 30.3 Å². The number of anilines is 2. The summed E-state index contributed by atoms with van der Waals surface area (Å²) in [6.07, 6.45) is 6.40. The van der Waals surface area contributed by atoms with Gasteiger partial charge in [-0.2, -0.15) is 0 Å². The molecule has 2 aromatic carbocycles. The first-order valence-electron chi connectivity index (χ1n) is 9.82. The molecule has 6 nitrogen and oxygen atoms in total. The lowest BCUT2D eigenvalue weighted by Gasteiger charge is -2.19. The predicted octanol–water partition coefficient (Wildman–Crippen LogP) is 3.06. The number of carboxylic acid groups (broad SMARTS) is 1. The molecule has 2 amide bonds. The Kier molecular flexibility index (Phi) is 4.94. The van der Waals surface area contributed by atoms with Crippen LogP contribution in [0.25, 0.3) is 0 Å². The third kappa shape index (κ3) is 3.67. The van der Waals surface area contributed by atoms with Crippen molar-refractivity contribution in [3.05, 3.63) is 58.1 Å². The van der Waals surface area contributed by atoms with Gasteiger partial charge in [-0.3, -0.25) is 0 Å². The molecule has 2 aromatic rings. The maximum atomic E-state index is 12.7. The third-order valence-corrected chi connectivity index (χ3v) is 5.71. The van der Waals surface area contributed by atoms with E-state index in [0.717, 1.165) is 49.8 Å². The van der Waals surface area contributed by atoms with Crippen molar-refractivity contribution in [2.24, 2.45) is 0 Å². The summed E-state index contributed by atoms with van der Waals surface area (Å²) in [5.74, 6) is -1.07. The van der Waals surface area contributed by atoms with E-state index in [1.807, 2.05) is 6.07 Å². The highest BCUT2D eigenvalue weighted by Gasteiger charge is 2.26. The van der Waals surface area contributed by atoms with E-state index in [1.54, 1.807) is 18.2 Å². The molecule has 4 rings (SSSR count). The minimum atomic E-state index is -1.07. The summed E-state index contributed by atoms with van der Waals surface area (Å²) < 4.78 is 0. The van der Waals surface area contributed by atoms with Crippen LogP contribution in [0.3, 0.4) is 0 Å². The van der Waals surface area contributed by atoms with Crippen LogP contribution in [-0.4, -0.2) is 23.1 Å². The van der Waals surface area contributed by atoms with Gasteiger partial charge in [0.05, 0.1) is 0 Å². The number of carbonyl (C=O) groups excluding carboxylic acids is 1. The summed E-state index contributed by atoms with van der Waals surface area (Å²) >= 11 is 0. The highest BCUT2D eigenvalue weighted by Crippen LogP contribution is 2.38. The van der Waals surface area contributed by atoms with Gasteiger partial charge in [0.1, 0.15) is 6.04 Å². The lowest BCUT2D eigenvalue weighted by Crippen LogP contribution is -2.44. The number of carbonyl (C=O) groups is 2. The number of carboxylic acids is 1. The number of aryl methyl sites for hydroxylation is 2. The van der Waals surface area contributed by atoms with Gasteiger partial charge in [-0.05, 0) is 78.5 Å². The molecule has 0 saturated carbocycles. The van der Waals surface area contributed by atoms with E-state index in [2.05, 4.69) is 16.7 Å². The highest BCUT2D eigenvalue weighted by molar-refractivity contribution is 5.94. The molecule has 6 heteroatoms. The zero-order valence-electron chi connectivity index (χ0n) is 15.8. The van der Waals surface area contributed by atoms with E-state index in [4.69, 9.17) is 5.73 Å². The molecular weight excluding hydrogens is 354 g/mol. The van der Waals surface area contributed by atoms with Crippen LogP contribution in [0.1, 0.15) is 40.7 Å². The number of amides is 2. The lowest BCUT2D eigenvalue weighted by molar-refractivity contribution is -0.139. The summed E-state index contributed by atoms with van der Waals surface area (Å²) in [7, 11) is 0. The van der Waals surface area contributed by atoms with Crippen LogP contribution < -0.4 is 16.4 Å². The van der Waals surface area contributed by atoms with Crippen LogP contribution in [0.4, 0.5) is 16.2 Å². The number of aliphatic carboxylic acids is 1. The fourth-order valence-corrected chi connectivity index (χ4v) is 4.43. The molecule has 0 bridgehead atoms. The summed E-state index contributed by atoms with van der Waals surface area (Å²) in [5, 5.41) is 15.2. The Balaban J connectivity index is 1.51. The first-order chi connectivity index (χ1) is 13.5. The monoisotopic (exact) mass is 379 g/mol. The van der Waals surface area contributed by atoms with Gasteiger partial charge in [-0.1, -0.05) is 18.2 Å². The Morgan fingerprint density at radius 1 is 1.04 bits per heavy atom. The van der Waals surface area contributed by atoms with Crippen LogP contribution in [0.2, 0.25) is 0 Å². The first-order valence-corrected chi connectivity index (χ1v) is 9.82. The fourth-order valence-electron chi connectivity index (χ4n) is 4.43. The minimum Gasteiger partial charge on any atom is -0.480 e. The quantitative estimate of drug-likeness (QED) is 0.599. The Morgan fingerprint density at radius 2 is 1.71 bits per heavy atom. The molecule has 0 aliphatic heterocycles. The first kappa shape index (κ1) is 18.3. The van der Waals surface area contributed by atoms with E-state index in [0.29, 0.717) is 5.69 Å². The highest BCUT2D eigenvalue weighted by atomic mass is 16.4. The molecule has 0 spiro atoms. The third-order valence-electron chi connectivity index (χ3n) is 5.71. The summed E-state index contributed by atoms with van der Waals surface area (Å²) in [5.41, 5.74) is 13.1. The summed E-state index contributed by atoms with van der Waals surface area (Å²) in [6, 6.07) is 7.87. The molecule has 0 radical (unpaired) electrons. The van der Waals surface area contributed by atoms with Gasteiger partial charge in [0.15, 0.2) is 0 Å². The Morgan fingerprint density at radius 3 is 2.32 bits per heavy atom. The molecular formula is C22H25N3O3. The minimum absolute atomic E-state index is 0.179. The number of hydrogen-bond donors (Lipinski definition) is 4. The van der Waals surface area contributed by atoms with Gasteiger partial charge in [-0.15, -0.1) is 0 Å². The standard InChI is InChI=1S/C22H25N3O3/c23-16-7-1-4-13(10-16)11-19(21(26)27)24-22(28)25-20-17-8-2-5-14(17)12-15-6-3-9-18(15)20/h1,4,7,10,12,19H,2-3,5-6,8-9,11,23H2,(H,26,27)(H2,24,25,28). The van der Waals surface area contributed by atoms with E-state index in [-0.39, 0.29) is 6.42 Å². The van der Waals surface area contributed by atoms with Crippen molar-refractivity contribution in [3.8, 4) is 0 Å². The van der Waals surface area contributed by atoms with Crippen LogP contribution in [0, 0.1) is 0 Å². The van der Waals surface area contributed by atoms with E-state index >= 15 is 0 Å². The predicted molar refractivity (Wildman–Crippen MR) is 109 cm³/mol. The fraction of sp³-hybridized carbons (Fsp3) is 0.364. The van der Waals surface area contributed by atoms with Crippen molar-refractivity contribution >= 4 is 23.4 Å². The van der Waals surface area contributed by atoms with Crippen LogP contribution in [-0.2, 0) is 36.9 Å². The number of nitrogen functional groups attached to an aromatic ring is 1. The number of rotatable bonds is 5. The average Bonchev–Trinajstić information content (AvgIpc) is 3.30. The second kappa shape index (κ2) is 7.54. The van der Waals surface area contributed by atoms with Crippen molar-refractivity contribution in [2.45, 2.75) is 51.0 Å².